The summed E-state index contributed by atoms with van der Waals surface area (Å²) in [5, 5.41) is 5.15. The number of anilines is 2. The summed E-state index contributed by atoms with van der Waals surface area (Å²) in [7, 11) is -3.78. The molecule has 3 heterocycles. The van der Waals surface area contributed by atoms with E-state index in [0.717, 1.165) is 22.6 Å². The summed E-state index contributed by atoms with van der Waals surface area (Å²) >= 11 is 1.15. The molecule has 1 aliphatic rings. The summed E-state index contributed by atoms with van der Waals surface area (Å²) in [6, 6.07) is 10.3. The molecular formula is C21H23N5O4S2. The Kier molecular flexibility index (Phi) is 6.98. The lowest BCUT2D eigenvalue weighted by molar-refractivity contribution is -0.134. The van der Waals surface area contributed by atoms with Crippen molar-refractivity contribution in [3.8, 4) is 0 Å². The van der Waals surface area contributed by atoms with Gasteiger partial charge in [0.25, 0.3) is 10.0 Å². The standard InChI is InChI=1S/C21H23N5O4S2/c27-20(26-8-10-30-11-9-26)12-18-15-31-21(24-18)25-32(28,29)19-5-3-17(4-6-19)23-14-16-2-1-7-22-13-16/h1-7,13,15,23H,8-12,14H2,(H,24,25). The fourth-order valence-corrected chi connectivity index (χ4v) is 5.11. The molecule has 11 heteroatoms. The van der Waals surface area contributed by atoms with Crippen molar-refractivity contribution in [2.45, 2.75) is 17.9 Å². The van der Waals surface area contributed by atoms with Gasteiger partial charge in [0.05, 0.1) is 30.2 Å². The minimum absolute atomic E-state index is 0.0395. The summed E-state index contributed by atoms with van der Waals surface area (Å²) in [5.41, 5.74) is 2.36. The Balaban J connectivity index is 1.34. The molecule has 9 nitrogen and oxygen atoms in total. The van der Waals surface area contributed by atoms with E-state index in [2.05, 4.69) is 20.0 Å². The third-order valence-electron chi connectivity index (χ3n) is 4.85. The van der Waals surface area contributed by atoms with Crippen molar-refractivity contribution in [3.63, 3.8) is 0 Å². The Bertz CT molecular complexity index is 1140. The number of carbonyl (C=O) groups excluding carboxylic acids is 1. The third-order valence-corrected chi connectivity index (χ3v) is 7.14. The molecule has 1 saturated heterocycles. The van der Waals surface area contributed by atoms with Gasteiger partial charge in [-0.05, 0) is 35.9 Å². The molecular weight excluding hydrogens is 450 g/mol. The molecule has 0 radical (unpaired) electrons. The van der Waals surface area contributed by atoms with Crippen LogP contribution in [0.2, 0.25) is 0 Å². The highest BCUT2D eigenvalue weighted by atomic mass is 32.2. The number of morpholine rings is 1. The van der Waals surface area contributed by atoms with Crippen LogP contribution in [0.5, 0.6) is 0 Å². The van der Waals surface area contributed by atoms with Gasteiger partial charge in [-0.3, -0.25) is 14.5 Å². The topological polar surface area (TPSA) is 114 Å². The minimum Gasteiger partial charge on any atom is -0.381 e. The number of ether oxygens (including phenoxy) is 1. The largest absolute Gasteiger partial charge is 0.381 e. The second-order valence-corrected chi connectivity index (χ2v) is 9.70. The minimum atomic E-state index is -3.78. The van der Waals surface area contributed by atoms with E-state index in [-0.39, 0.29) is 22.4 Å². The number of amides is 1. The van der Waals surface area contributed by atoms with Crippen LogP contribution in [-0.4, -0.2) is 55.5 Å². The van der Waals surface area contributed by atoms with E-state index in [0.29, 0.717) is 38.5 Å². The van der Waals surface area contributed by atoms with Crippen molar-refractivity contribution < 1.29 is 17.9 Å². The fraction of sp³-hybridized carbons (Fsp3) is 0.286. The molecule has 0 bridgehead atoms. The highest BCUT2D eigenvalue weighted by Crippen LogP contribution is 2.22. The molecule has 0 saturated carbocycles. The third kappa shape index (κ3) is 5.81. The zero-order valence-corrected chi connectivity index (χ0v) is 18.9. The monoisotopic (exact) mass is 473 g/mol. The Morgan fingerprint density at radius 3 is 2.66 bits per heavy atom. The predicted octanol–water partition coefficient (Wildman–Crippen LogP) is 2.35. The average Bonchev–Trinajstić information content (AvgIpc) is 3.25. The summed E-state index contributed by atoms with van der Waals surface area (Å²) in [6.07, 6.45) is 3.62. The molecule has 0 unspecified atom stereocenters. The van der Waals surface area contributed by atoms with Crippen molar-refractivity contribution in [1.82, 2.24) is 14.9 Å². The molecule has 1 fully saturated rings. The molecule has 32 heavy (non-hydrogen) atoms. The first-order valence-corrected chi connectivity index (χ1v) is 12.4. The van der Waals surface area contributed by atoms with Crippen LogP contribution in [0.3, 0.4) is 0 Å². The highest BCUT2D eigenvalue weighted by Gasteiger charge is 2.20. The van der Waals surface area contributed by atoms with Crippen LogP contribution in [0.4, 0.5) is 10.8 Å². The summed E-state index contributed by atoms with van der Waals surface area (Å²) in [5.74, 6) is -0.0395. The van der Waals surface area contributed by atoms with Crippen molar-refractivity contribution in [1.29, 1.82) is 0 Å². The quantitative estimate of drug-likeness (QED) is 0.516. The normalized spacial score (nSPS) is 14.2. The van der Waals surface area contributed by atoms with Gasteiger partial charge < -0.3 is 15.0 Å². The molecule has 4 rings (SSSR count). The molecule has 2 N–H and O–H groups in total. The smallest absolute Gasteiger partial charge is 0.263 e. The SMILES string of the molecule is O=C(Cc1csc(NS(=O)(=O)c2ccc(NCc3cccnc3)cc2)n1)N1CCOCC1. The van der Waals surface area contributed by atoms with Crippen molar-refractivity contribution in [3.05, 3.63) is 65.4 Å². The number of carbonyl (C=O) groups is 1. The van der Waals surface area contributed by atoms with E-state index in [1.807, 2.05) is 12.1 Å². The molecule has 2 aromatic heterocycles. The first-order valence-electron chi connectivity index (χ1n) is 10.1. The number of pyridine rings is 1. The summed E-state index contributed by atoms with van der Waals surface area (Å²) in [6.45, 7) is 2.78. The molecule has 1 aliphatic heterocycles. The van der Waals surface area contributed by atoms with Gasteiger partial charge >= 0.3 is 0 Å². The number of rotatable bonds is 8. The van der Waals surface area contributed by atoms with Gasteiger partial charge in [-0.15, -0.1) is 11.3 Å². The lowest BCUT2D eigenvalue weighted by atomic mass is 10.2. The number of hydrogen-bond acceptors (Lipinski definition) is 8. The zero-order chi connectivity index (χ0) is 22.4. The van der Waals surface area contributed by atoms with E-state index in [1.165, 1.54) is 12.1 Å². The molecule has 0 spiro atoms. The number of nitrogens with one attached hydrogen (secondary N) is 2. The van der Waals surface area contributed by atoms with Gasteiger partial charge in [0.15, 0.2) is 5.13 Å². The van der Waals surface area contributed by atoms with E-state index >= 15 is 0 Å². The highest BCUT2D eigenvalue weighted by molar-refractivity contribution is 7.93. The predicted molar refractivity (Wildman–Crippen MR) is 122 cm³/mol. The summed E-state index contributed by atoms with van der Waals surface area (Å²) in [4.78, 5) is 22.5. The second-order valence-electron chi connectivity index (χ2n) is 7.16. The van der Waals surface area contributed by atoms with Crippen molar-refractivity contribution in [2.75, 3.05) is 36.3 Å². The molecule has 168 valence electrons. The number of benzene rings is 1. The Labute approximate surface area is 190 Å². The van der Waals surface area contributed by atoms with Crippen LogP contribution in [0.15, 0.2) is 59.1 Å². The van der Waals surface area contributed by atoms with Crippen LogP contribution < -0.4 is 10.0 Å². The second kappa shape index (κ2) is 10.1. The van der Waals surface area contributed by atoms with Crippen LogP contribution >= 0.6 is 11.3 Å². The number of thiazole rings is 1. The van der Waals surface area contributed by atoms with Gasteiger partial charge in [0.1, 0.15) is 0 Å². The van der Waals surface area contributed by atoms with Crippen molar-refractivity contribution in [2.24, 2.45) is 0 Å². The number of aromatic nitrogens is 2. The Morgan fingerprint density at radius 2 is 1.94 bits per heavy atom. The maximum Gasteiger partial charge on any atom is 0.263 e. The van der Waals surface area contributed by atoms with Gasteiger partial charge in [0.2, 0.25) is 5.91 Å². The molecule has 1 aromatic carbocycles. The molecule has 0 atom stereocenters. The van der Waals surface area contributed by atoms with Crippen LogP contribution in [-0.2, 0) is 32.5 Å². The average molecular weight is 474 g/mol. The van der Waals surface area contributed by atoms with Gasteiger partial charge in [-0.1, -0.05) is 6.07 Å². The lowest BCUT2D eigenvalue weighted by Crippen LogP contribution is -2.41. The summed E-state index contributed by atoms with van der Waals surface area (Å²) < 4.78 is 33.2. The van der Waals surface area contributed by atoms with Crippen LogP contribution in [0.1, 0.15) is 11.3 Å². The van der Waals surface area contributed by atoms with Gasteiger partial charge in [-0.2, -0.15) is 0 Å². The van der Waals surface area contributed by atoms with Gasteiger partial charge in [0, 0.05) is 43.1 Å². The first-order chi connectivity index (χ1) is 15.5. The lowest BCUT2D eigenvalue weighted by Gasteiger charge is -2.26. The number of nitrogens with zero attached hydrogens (tertiary/aromatic N) is 3. The van der Waals surface area contributed by atoms with E-state index in [9.17, 15) is 13.2 Å². The maximum absolute atomic E-state index is 12.7. The number of sulfonamides is 1. The Hall–Kier alpha value is -3.02. The molecule has 1 amide bonds. The fourth-order valence-electron chi connectivity index (χ4n) is 3.15. The first kappa shape index (κ1) is 22.2. The maximum atomic E-state index is 12.7. The zero-order valence-electron chi connectivity index (χ0n) is 17.2. The van der Waals surface area contributed by atoms with Gasteiger partial charge in [-0.25, -0.2) is 13.4 Å². The molecule has 0 aliphatic carbocycles. The van der Waals surface area contributed by atoms with E-state index in [4.69, 9.17) is 4.74 Å². The van der Waals surface area contributed by atoms with Crippen molar-refractivity contribution >= 4 is 38.1 Å². The van der Waals surface area contributed by atoms with E-state index in [1.54, 1.807) is 34.8 Å². The Morgan fingerprint density at radius 1 is 1.16 bits per heavy atom. The van der Waals surface area contributed by atoms with Crippen LogP contribution in [0, 0.1) is 0 Å². The van der Waals surface area contributed by atoms with Crippen LogP contribution in [0.25, 0.3) is 0 Å². The molecule has 3 aromatic rings. The van der Waals surface area contributed by atoms with E-state index < -0.39 is 10.0 Å². The number of hydrogen-bond donors (Lipinski definition) is 2.